The van der Waals surface area contributed by atoms with Gasteiger partial charge in [-0.25, -0.2) is 18.4 Å². The van der Waals surface area contributed by atoms with Gasteiger partial charge in [-0.3, -0.25) is 0 Å². The first-order chi connectivity index (χ1) is 10.8. The maximum absolute atomic E-state index is 14.4. The standard InChI is InChI=1S/C15H8Br2F2O4/c1-23-15(22)9-3-7(17)5-11(19)13(9)12-8(14(20)21)2-6(16)4-10(12)18/h2-5H,1H3,(H,20,21). The second-order valence-electron chi connectivity index (χ2n) is 4.42. The van der Waals surface area contributed by atoms with Crippen LogP contribution in [0.25, 0.3) is 11.1 Å². The Morgan fingerprint density at radius 3 is 1.83 bits per heavy atom. The molecule has 0 saturated heterocycles. The molecule has 8 heteroatoms. The highest BCUT2D eigenvalue weighted by atomic mass is 79.9. The summed E-state index contributed by atoms with van der Waals surface area (Å²) in [7, 11) is 1.08. The predicted molar refractivity (Wildman–Crippen MR) is 85.5 cm³/mol. The van der Waals surface area contributed by atoms with E-state index in [1.807, 2.05) is 0 Å². The maximum Gasteiger partial charge on any atom is 0.338 e. The Morgan fingerprint density at radius 2 is 1.39 bits per heavy atom. The number of hydrogen-bond acceptors (Lipinski definition) is 3. The third kappa shape index (κ3) is 3.42. The zero-order valence-corrected chi connectivity index (χ0v) is 14.7. The van der Waals surface area contributed by atoms with Crippen molar-refractivity contribution >= 4 is 43.8 Å². The fourth-order valence-electron chi connectivity index (χ4n) is 2.09. The molecule has 2 aromatic carbocycles. The highest BCUT2D eigenvalue weighted by Gasteiger charge is 2.26. The van der Waals surface area contributed by atoms with Crippen molar-refractivity contribution in [3.63, 3.8) is 0 Å². The largest absolute Gasteiger partial charge is 0.478 e. The Balaban J connectivity index is 2.92. The molecule has 0 spiro atoms. The van der Waals surface area contributed by atoms with Crippen LogP contribution in [0.4, 0.5) is 8.78 Å². The molecule has 0 aliphatic heterocycles. The van der Waals surface area contributed by atoms with Crippen LogP contribution in [0.1, 0.15) is 20.7 Å². The molecule has 0 bridgehead atoms. The summed E-state index contributed by atoms with van der Waals surface area (Å²) in [4.78, 5) is 23.3. The van der Waals surface area contributed by atoms with Crippen LogP contribution in [0.2, 0.25) is 0 Å². The van der Waals surface area contributed by atoms with Crippen LogP contribution in [-0.2, 0) is 4.74 Å². The molecular formula is C15H8Br2F2O4. The van der Waals surface area contributed by atoms with E-state index in [4.69, 9.17) is 0 Å². The zero-order valence-electron chi connectivity index (χ0n) is 11.5. The number of benzene rings is 2. The van der Waals surface area contributed by atoms with E-state index in [0.29, 0.717) is 0 Å². The Morgan fingerprint density at radius 1 is 0.957 bits per heavy atom. The SMILES string of the molecule is COC(=O)c1cc(Br)cc(F)c1-c1c(F)cc(Br)cc1C(=O)O. The monoisotopic (exact) mass is 448 g/mol. The number of carboxylic acid groups (broad SMARTS) is 1. The van der Waals surface area contributed by atoms with Crippen molar-refractivity contribution in [3.8, 4) is 11.1 Å². The number of hydrogen-bond donors (Lipinski definition) is 1. The molecule has 120 valence electrons. The molecule has 0 heterocycles. The summed E-state index contributed by atoms with van der Waals surface area (Å²) in [5.74, 6) is -4.32. The van der Waals surface area contributed by atoms with Gasteiger partial charge in [-0.05, 0) is 24.3 Å². The number of carbonyl (C=O) groups excluding carboxylic acids is 1. The van der Waals surface area contributed by atoms with Crippen molar-refractivity contribution in [2.75, 3.05) is 7.11 Å². The summed E-state index contributed by atoms with van der Waals surface area (Å²) >= 11 is 6.01. The number of ether oxygens (including phenoxy) is 1. The molecule has 0 amide bonds. The van der Waals surface area contributed by atoms with Gasteiger partial charge in [-0.1, -0.05) is 31.9 Å². The third-order valence-corrected chi connectivity index (χ3v) is 3.91. The molecule has 0 aliphatic rings. The Labute approximate surface area is 146 Å². The van der Waals surface area contributed by atoms with Crippen LogP contribution >= 0.6 is 31.9 Å². The van der Waals surface area contributed by atoms with Crippen molar-refractivity contribution in [2.45, 2.75) is 0 Å². The van der Waals surface area contributed by atoms with Gasteiger partial charge in [0.1, 0.15) is 11.6 Å². The molecule has 2 rings (SSSR count). The minimum atomic E-state index is -1.46. The smallest absolute Gasteiger partial charge is 0.338 e. The van der Waals surface area contributed by atoms with Crippen LogP contribution in [0.15, 0.2) is 33.2 Å². The summed E-state index contributed by atoms with van der Waals surface area (Å²) in [6.45, 7) is 0. The molecule has 0 saturated carbocycles. The molecule has 0 aliphatic carbocycles. The lowest BCUT2D eigenvalue weighted by Crippen LogP contribution is -2.10. The van der Waals surface area contributed by atoms with Crippen molar-refractivity contribution in [1.82, 2.24) is 0 Å². The lowest BCUT2D eigenvalue weighted by molar-refractivity contribution is 0.0599. The first kappa shape index (κ1) is 17.6. The van der Waals surface area contributed by atoms with Gasteiger partial charge in [0.05, 0.1) is 18.2 Å². The molecule has 2 aromatic rings. The number of esters is 1. The predicted octanol–water partition coefficient (Wildman–Crippen LogP) is 4.64. The average Bonchev–Trinajstić information content (AvgIpc) is 2.46. The third-order valence-electron chi connectivity index (χ3n) is 3.00. The molecule has 23 heavy (non-hydrogen) atoms. The van der Waals surface area contributed by atoms with Crippen LogP contribution < -0.4 is 0 Å². The van der Waals surface area contributed by atoms with E-state index in [1.54, 1.807) is 0 Å². The van der Waals surface area contributed by atoms with Crippen molar-refractivity contribution in [3.05, 3.63) is 56.0 Å². The van der Waals surface area contributed by atoms with Crippen LogP contribution in [0.3, 0.4) is 0 Å². The number of aromatic carboxylic acids is 1. The summed E-state index contributed by atoms with van der Waals surface area (Å²) in [5, 5.41) is 9.27. The summed E-state index contributed by atoms with van der Waals surface area (Å²) in [6, 6.07) is 4.36. The Bertz CT molecular complexity index is 822. The van der Waals surface area contributed by atoms with Crippen molar-refractivity contribution in [1.29, 1.82) is 0 Å². The van der Waals surface area contributed by atoms with E-state index >= 15 is 0 Å². The minimum absolute atomic E-state index is 0.174. The van der Waals surface area contributed by atoms with E-state index in [2.05, 4.69) is 36.6 Å². The molecule has 0 fully saturated rings. The van der Waals surface area contributed by atoms with Crippen LogP contribution in [-0.4, -0.2) is 24.2 Å². The van der Waals surface area contributed by atoms with Gasteiger partial charge >= 0.3 is 11.9 Å². The van der Waals surface area contributed by atoms with Crippen molar-refractivity contribution in [2.24, 2.45) is 0 Å². The van der Waals surface area contributed by atoms with Gasteiger partial charge in [0, 0.05) is 20.1 Å². The first-order valence-electron chi connectivity index (χ1n) is 6.06. The topological polar surface area (TPSA) is 63.6 Å². The Kier molecular flexibility index (Phi) is 5.16. The van der Waals surface area contributed by atoms with Crippen LogP contribution in [0, 0.1) is 11.6 Å². The van der Waals surface area contributed by atoms with Gasteiger partial charge in [-0.15, -0.1) is 0 Å². The highest BCUT2D eigenvalue weighted by Crippen LogP contribution is 2.36. The zero-order chi connectivity index (χ0) is 17.3. The molecule has 4 nitrogen and oxygen atoms in total. The Hall–Kier alpha value is -1.80. The lowest BCUT2D eigenvalue weighted by Gasteiger charge is -2.14. The highest BCUT2D eigenvalue weighted by molar-refractivity contribution is 9.10. The second kappa shape index (κ2) is 6.76. The molecule has 0 aromatic heterocycles. The fraction of sp³-hybridized carbons (Fsp3) is 0.0667. The van der Waals surface area contributed by atoms with Gasteiger partial charge in [0.25, 0.3) is 0 Å². The lowest BCUT2D eigenvalue weighted by atomic mass is 9.94. The van der Waals surface area contributed by atoms with Gasteiger partial charge < -0.3 is 9.84 Å². The number of carbonyl (C=O) groups is 2. The number of carboxylic acids is 1. The maximum atomic E-state index is 14.4. The first-order valence-corrected chi connectivity index (χ1v) is 7.65. The average molecular weight is 450 g/mol. The quantitative estimate of drug-likeness (QED) is 0.693. The van der Waals surface area contributed by atoms with Crippen LogP contribution in [0.5, 0.6) is 0 Å². The van der Waals surface area contributed by atoms with E-state index in [9.17, 15) is 23.5 Å². The normalized spacial score (nSPS) is 10.5. The molecule has 0 unspecified atom stereocenters. The number of halogens is 4. The van der Waals surface area contributed by atoms with E-state index in [0.717, 1.165) is 25.3 Å². The van der Waals surface area contributed by atoms with Gasteiger partial charge in [0.2, 0.25) is 0 Å². The molecular weight excluding hydrogens is 442 g/mol. The molecule has 1 N–H and O–H groups in total. The summed E-state index contributed by atoms with van der Waals surface area (Å²) < 4.78 is 33.7. The number of methoxy groups -OCH3 is 1. The van der Waals surface area contributed by atoms with Gasteiger partial charge in [-0.2, -0.15) is 0 Å². The van der Waals surface area contributed by atoms with E-state index in [1.165, 1.54) is 6.07 Å². The minimum Gasteiger partial charge on any atom is -0.478 e. The second-order valence-corrected chi connectivity index (χ2v) is 6.25. The summed E-state index contributed by atoms with van der Waals surface area (Å²) in [5.41, 5.74) is -1.76. The van der Waals surface area contributed by atoms with E-state index < -0.39 is 40.3 Å². The molecule has 0 radical (unpaired) electrons. The van der Waals surface area contributed by atoms with E-state index in [-0.39, 0.29) is 14.5 Å². The summed E-state index contributed by atoms with van der Waals surface area (Å²) in [6.07, 6.45) is 0. The van der Waals surface area contributed by atoms with Gasteiger partial charge in [0.15, 0.2) is 0 Å². The fourth-order valence-corrected chi connectivity index (χ4v) is 2.95. The number of rotatable bonds is 3. The van der Waals surface area contributed by atoms with Crippen molar-refractivity contribution < 1.29 is 28.2 Å². The molecule has 0 atom stereocenters.